The molecule has 4 heterocycles. The molecule has 3 aromatic heterocycles. The van der Waals surface area contributed by atoms with Crippen LogP contribution in [0.1, 0.15) is 18.9 Å². The van der Waals surface area contributed by atoms with Gasteiger partial charge in [-0.3, -0.25) is 4.68 Å². The van der Waals surface area contributed by atoms with E-state index in [0.29, 0.717) is 28.6 Å². The van der Waals surface area contributed by atoms with Crippen molar-refractivity contribution in [2.45, 2.75) is 25.1 Å². The van der Waals surface area contributed by atoms with Crippen LogP contribution in [0.2, 0.25) is 0 Å². The number of amides is 2. The fourth-order valence-electron chi connectivity index (χ4n) is 4.10. The predicted octanol–water partition coefficient (Wildman–Crippen LogP) is 3.87. The summed E-state index contributed by atoms with van der Waals surface area (Å²) in [5.41, 5.74) is 4.21. The Labute approximate surface area is 198 Å². The second kappa shape index (κ2) is 9.37. The van der Waals surface area contributed by atoms with Crippen molar-refractivity contribution in [3.05, 3.63) is 55.1 Å². The van der Waals surface area contributed by atoms with Crippen LogP contribution in [0.15, 0.2) is 55.1 Å². The molecule has 0 spiro atoms. The van der Waals surface area contributed by atoms with Crippen molar-refractivity contribution in [2.75, 3.05) is 25.0 Å². The number of carbonyl (C=O) groups excluding carboxylic acids is 1. The number of imidazole rings is 1. The molecule has 0 radical (unpaired) electrons. The van der Waals surface area contributed by atoms with Gasteiger partial charge >= 0.3 is 12.2 Å². The maximum atomic E-state index is 12.3. The van der Waals surface area contributed by atoms with E-state index in [1.54, 1.807) is 46.5 Å². The molecule has 5 rings (SSSR count). The second-order valence-electron chi connectivity index (χ2n) is 8.35. The summed E-state index contributed by atoms with van der Waals surface area (Å²) in [5.74, 6) is 0. The van der Waals surface area contributed by atoms with Gasteiger partial charge in [0.2, 0.25) is 0 Å². The average Bonchev–Trinajstić information content (AvgIpc) is 3.50. The van der Waals surface area contributed by atoms with Gasteiger partial charge in [-0.1, -0.05) is 12.1 Å². The highest BCUT2D eigenvalue weighted by atomic mass is 19.4. The Morgan fingerprint density at radius 1 is 1.06 bits per heavy atom. The molecule has 1 fully saturated rings. The lowest BCUT2D eigenvalue weighted by Gasteiger charge is -2.22. The first-order valence-corrected chi connectivity index (χ1v) is 11.2. The summed E-state index contributed by atoms with van der Waals surface area (Å²) in [4.78, 5) is 16.2. The van der Waals surface area contributed by atoms with Crippen molar-refractivity contribution < 1.29 is 18.0 Å². The van der Waals surface area contributed by atoms with E-state index < -0.39 is 18.8 Å². The van der Waals surface area contributed by atoms with Gasteiger partial charge in [0, 0.05) is 28.6 Å². The molecule has 3 N–H and O–H groups in total. The Kier molecular flexibility index (Phi) is 6.12. The summed E-state index contributed by atoms with van der Waals surface area (Å²) < 4.78 is 40.6. The minimum atomic E-state index is -4.48. The molecule has 1 saturated heterocycles. The van der Waals surface area contributed by atoms with Crippen LogP contribution in [0.5, 0.6) is 0 Å². The largest absolute Gasteiger partial charge is 0.405 e. The van der Waals surface area contributed by atoms with Gasteiger partial charge in [0.1, 0.15) is 6.54 Å². The highest BCUT2D eigenvalue weighted by Crippen LogP contribution is 2.27. The Balaban J connectivity index is 1.34. The molecule has 9 nitrogen and oxygen atoms in total. The maximum Gasteiger partial charge on any atom is 0.405 e. The van der Waals surface area contributed by atoms with E-state index in [4.69, 9.17) is 0 Å². The highest BCUT2D eigenvalue weighted by Gasteiger charge is 2.27. The molecule has 2 amide bonds. The summed E-state index contributed by atoms with van der Waals surface area (Å²) in [6.45, 7) is 0.563. The first-order chi connectivity index (χ1) is 16.9. The smallest absolute Gasteiger partial charge is 0.329 e. The number of urea groups is 1. The number of piperidine rings is 1. The normalized spacial score (nSPS) is 14.8. The van der Waals surface area contributed by atoms with Gasteiger partial charge < -0.3 is 16.0 Å². The van der Waals surface area contributed by atoms with Crippen molar-refractivity contribution in [1.29, 1.82) is 0 Å². The molecule has 1 aliphatic rings. The van der Waals surface area contributed by atoms with Gasteiger partial charge in [0.15, 0.2) is 5.65 Å². The molecule has 1 aromatic carbocycles. The van der Waals surface area contributed by atoms with Crippen molar-refractivity contribution >= 4 is 17.4 Å². The molecule has 0 unspecified atom stereocenters. The lowest BCUT2D eigenvalue weighted by atomic mass is 10.1. The summed E-state index contributed by atoms with van der Waals surface area (Å²) in [6.07, 6.45) is 4.87. The third-order valence-electron chi connectivity index (χ3n) is 5.84. The molecule has 12 heteroatoms. The molecule has 1 aliphatic heterocycles. The fraction of sp³-hybridized carbons (Fsp3) is 0.304. The predicted molar refractivity (Wildman–Crippen MR) is 124 cm³/mol. The number of carbonyl (C=O) groups is 1. The van der Waals surface area contributed by atoms with Crippen molar-refractivity contribution in [3.63, 3.8) is 0 Å². The standard InChI is InChI=1S/C23H23F3N8O/c24-23(25,26)14-29-22(35)32-18-3-1-2-15(8-18)20-12-28-21-9-16(10-31-34(20)21)17-11-30-33(13-17)19-4-6-27-7-5-19/h1-3,8-13,19,27H,4-7,14H2,(H2,29,32,35). The van der Waals surface area contributed by atoms with E-state index in [1.165, 1.54) is 0 Å². The van der Waals surface area contributed by atoms with Gasteiger partial charge in [0.25, 0.3) is 0 Å². The van der Waals surface area contributed by atoms with E-state index in [0.717, 1.165) is 37.1 Å². The summed E-state index contributed by atoms with van der Waals surface area (Å²) in [5, 5.41) is 16.6. The monoisotopic (exact) mass is 484 g/mol. The lowest BCUT2D eigenvalue weighted by molar-refractivity contribution is -0.122. The molecule has 0 saturated carbocycles. The molecule has 35 heavy (non-hydrogen) atoms. The van der Waals surface area contributed by atoms with E-state index in [9.17, 15) is 18.0 Å². The zero-order valence-corrected chi connectivity index (χ0v) is 18.6. The summed E-state index contributed by atoms with van der Waals surface area (Å²) in [7, 11) is 0. The van der Waals surface area contributed by atoms with E-state index in [2.05, 4.69) is 25.8 Å². The lowest BCUT2D eigenvalue weighted by Crippen LogP contribution is -2.36. The molecule has 182 valence electrons. The van der Waals surface area contributed by atoms with Crippen molar-refractivity contribution in [2.24, 2.45) is 0 Å². The number of rotatable bonds is 5. The van der Waals surface area contributed by atoms with Crippen LogP contribution >= 0.6 is 0 Å². The number of nitrogens with one attached hydrogen (secondary N) is 3. The number of anilines is 1. The highest BCUT2D eigenvalue weighted by molar-refractivity contribution is 5.90. The molecule has 0 atom stereocenters. The number of nitrogens with zero attached hydrogens (tertiary/aromatic N) is 5. The van der Waals surface area contributed by atoms with Crippen LogP contribution in [0.3, 0.4) is 0 Å². The second-order valence-corrected chi connectivity index (χ2v) is 8.35. The van der Waals surface area contributed by atoms with Gasteiger partial charge in [-0.25, -0.2) is 14.3 Å². The first-order valence-electron chi connectivity index (χ1n) is 11.2. The van der Waals surface area contributed by atoms with Gasteiger partial charge in [0.05, 0.1) is 30.3 Å². The van der Waals surface area contributed by atoms with E-state index in [1.807, 2.05) is 23.1 Å². The molecule has 0 aliphatic carbocycles. The summed E-state index contributed by atoms with van der Waals surface area (Å²) in [6, 6.07) is 8.10. The average molecular weight is 484 g/mol. The maximum absolute atomic E-state index is 12.3. The topological polar surface area (TPSA) is 101 Å². The first kappa shape index (κ1) is 22.8. The minimum Gasteiger partial charge on any atom is -0.329 e. The van der Waals surface area contributed by atoms with Gasteiger partial charge in [-0.05, 0) is 44.1 Å². The van der Waals surface area contributed by atoms with Crippen LogP contribution in [0, 0.1) is 0 Å². The zero-order chi connectivity index (χ0) is 24.4. The molecular weight excluding hydrogens is 461 g/mol. The Hall–Kier alpha value is -3.93. The molecule has 4 aromatic rings. The zero-order valence-electron chi connectivity index (χ0n) is 18.6. The van der Waals surface area contributed by atoms with Crippen LogP contribution in [0.4, 0.5) is 23.7 Å². The van der Waals surface area contributed by atoms with Crippen LogP contribution < -0.4 is 16.0 Å². The fourth-order valence-corrected chi connectivity index (χ4v) is 4.10. The number of alkyl halides is 3. The quantitative estimate of drug-likeness (QED) is 0.399. The van der Waals surface area contributed by atoms with Crippen LogP contribution in [-0.4, -0.2) is 56.2 Å². The Morgan fingerprint density at radius 3 is 2.66 bits per heavy atom. The number of fused-ring (bicyclic) bond motifs is 1. The van der Waals surface area contributed by atoms with Gasteiger partial charge in [-0.2, -0.15) is 23.4 Å². The molecular formula is C23H23F3N8O. The van der Waals surface area contributed by atoms with Crippen LogP contribution in [0.25, 0.3) is 28.0 Å². The summed E-state index contributed by atoms with van der Waals surface area (Å²) >= 11 is 0. The van der Waals surface area contributed by atoms with Gasteiger partial charge in [-0.15, -0.1) is 0 Å². The van der Waals surface area contributed by atoms with Crippen molar-refractivity contribution in [3.8, 4) is 22.4 Å². The third kappa shape index (κ3) is 5.27. The number of aromatic nitrogens is 5. The number of halogens is 3. The number of hydrogen-bond donors (Lipinski definition) is 3. The van der Waals surface area contributed by atoms with E-state index in [-0.39, 0.29) is 0 Å². The number of benzene rings is 1. The Bertz CT molecular complexity index is 1340. The third-order valence-corrected chi connectivity index (χ3v) is 5.84. The number of hydrogen-bond acceptors (Lipinski definition) is 5. The van der Waals surface area contributed by atoms with Crippen molar-refractivity contribution in [1.82, 2.24) is 35.0 Å². The SMILES string of the molecule is O=C(NCC(F)(F)F)Nc1cccc(-c2cnc3cc(-c4cnn(C5CCNCC5)c4)cnn23)c1. The minimum absolute atomic E-state index is 0.346. The molecule has 0 bridgehead atoms. The van der Waals surface area contributed by atoms with Crippen LogP contribution in [-0.2, 0) is 0 Å². The van der Waals surface area contributed by atoms with E-state index >= 15 is 0 Å². The Morgan fingerprint density at radius 2 is 1.86 bits per heavy atom.